The number of hydrogen-bond donors (Lipinski definition) is 0. The number of hydrogen-bond acceptors (Lipinski definition) is 2. The molecule has 0 aromatic heterocycles. The monoisotopic (exact) mass is 688 g/mol. The number of fused-ring (bicyclic) bond motifs is 13. The van der Waals surface area contributed by atoms with Gasteiger partial charge in [0.1, 0.15) is 11.2 Å². The third-order valence-corrected chi connectivity index (χ3v) is 13.9. The first kappa shape index (κ1) is 28.4. The Balaban J connectivity index is 1.23. The fourth-order valence-electron chi connectivity index (χ4n) is 12.2. The van der Waals surface area contributed by atoms with Gasteiger partial charge in [0.05, 0.1) is 12.2 Å². The minimum absolute atomic E-state index is 0.0238. The van der Waals surface area contributed by atoms with Crippen molar-refractivity contribution >= 4 is 53.9 Å². The molecule has 0 unspecified atom stereocenters. The molecule has 0 amide bonds. The lowest BCUT2D eigenvalue weighted by molar-refractivity contribution is -0.0922. The predicted octanol–water partition coefficient (Wildman–Crippen LogP) is 12.5. The van der Waals surface area contributed by atoms with Crippen molar-refractivity contribution < 1.29 is 9.47 Å². The van der Waals surface area contributed by atoms with E-state index in [9.17, 15) is 0 Å². The summed E-state index contributed by atoms with van der Waals surface area (Å²) in [5.41, 5.74) is 9.14. The van der Waals surface area contributed by atoms with Crippen LogP contribution in [0, 0.1) is 11.8 Å². The highest BCUT2D eigenvalue weighted by molar-refractivity contribution is 6.36. The molecule has 54 heavy (non-hydrogen) atoms. The van der Waals surface area contributed by atoms with Gasteiger partial charge in [0.15, 0.2) is 0 Å². The van der Waals surface area contributed by atoms with Gasteiger partial charge in [0.2, 0.25) is 0 Å². The van der Waals surface area contributed by atoms with E-state index >= 15 is 0 Å². The van der Waals surface area contributed by atoms with Gasteiger partial charge in [0.25, 0.3) is 0 Å². The van der Waals surface area contributed by atoms with Gasteiger partial charge in [-0.15, -0.1) is 0 Å². The second kappa shape index (κ2) is 9.53. The van der Waals surface area contributed by atoms with Crippen LogP contribution in [0.25, 0.3) is 76.1 Å². The first-order valence-corrected chi connectivity index (χ1v) is 19.3. The second-order valence-corrected chi connectivity index (χ2v) is 16.1. The summed E-state index contributed by atoms with van der Waals surface area (Å²) < 4.78 is 14.9. The molecule has 6 atom stereocenters. The Morgan fingerprint density at radius 3 is 1.67 bits per heavy atom. The van der Waals surface area contributed by atoms with E-state index in [0.717, 1.165) is 0 Å². The predicted molar refractivity (Wildman–Crippen MR) is 219 cm³/mol. The molecular weight excluding hydrogens is 657 g/mol. The second-order valence-electron chi connectivity index (χ2n) is 16.1. The van der Waals surface area contributed by atoms with Crippen molar-refractivity contribution in [2.24, 2.45) is 11.8 Å². The third kappa shape index (κ3) is 3.07. The molecule has 9 aromatic rings. The number of benzene rings is 9. The van der Waals surface area contributed by atoms with Crippen LogP contribution in [0.5, 0.6) is 0 Å². The van der Waals surface area contributed by atoms with Crippen LogP contribution in [0.3, 0.4) is 0 Å². The summed E-state index contributed by atoms with van der Waals surface area (Å²) in [6.45, 7) is 0. The molecule has 9 aromatic carbocycles. The Bertz CT molecular complexity index is 3190. The SMILES string of the molecule is C1=C[C@]23O[C@@H]1[C@@H]1[C@@H]4O[C@](c5cc6c(-c7ccccc7)c7c8ccccc8c8ccccc8c7c(-c7ccccc7)c6cc54)(c4cccc5cccc2c45)[C@@H]13. The van der Waals surface area contributed by atoms with Crippen molar-refractivity contribution in [3.05, 3.63) is 192 Å². The Labute approximate surface area is 311 Å². The minimum Gasteiger partial charge on any atom is -0.358 e. The van der Waals surface area contributed by atoms with Gasteiger partial charge in [-0.3, -0.25) is 0 Å². The molecular formula is C52H32O2. The van der Waals surface area contributed by atoms with Crippen molar-refractivity contribution in [3.63, 3.8) is 0 Å². The number of rotatable bonds is 2. The van der Waals surface area contributed by atoms with E-state index in [0.29, 0.717) is 0 Å². The van der Waals surface area contributed by atoms with Crippen LogP contribution in [0.15, 0.2) is 170 Å². The van der Waals surface area contributed by atoms with Gasteiger partial charge in [-0.1, -0.05) is 152 Å². The molecule has 0 saturated carbocycles. The molecule has 1 aliphatic carbocycles. The molecule has 4 heterocycles. The molecule has 2 fully saturated rings. The van der Waals surface area contributed by atoms with Crippen molar-refractivity contribution in [2.75, 3.05) is 0 Å². The van der Waals surface area contributed by atoms with Crippen molar-refractivity contribution in [1.82, 2.24) is 0 Å². The van der Waals surface area contributed by atoms with Crippen molar-refractivity contribution in [1.29, 1.82) is 0 Å². The zero-order chi connectivity index (χ0) is 34.9. The van der Waals surface area contributed by atoms with Crippen LogP contribution in [0.2, 0.25) is 0 Å². The molecule has 2 nitrogen and oxygen atoms in total. The molecule has 0 radical (unpaired) electrons. The van der Waals surface area contributed by atoms with Crippen LogP contribution in [0.1, 0.15) is 28.4 Å². The summed E-state index contributed by atoms with van der Waals surface area (Å²) >= 11 is 0. The van der Waals surface area contributed by atoms with Crippen LogP contribution in [-0.2, 0) is 20.7 Å². The smallest absolute Gasteiger partial charge is 0.127 e. The quantitative estimate of drug-likeness (QED) is 0.102. The average Bonchev–Trinajstić information content (AvgIpc) is 4.00. The summed E-state index contributed by atoms with van der Waals surface area (Å²) in [5.74, 6) is 0.400. The summed E-state index contributed by atoms with van der Waals surface area (Å²) in [6.07, 6.45) is 4.67. The Morgan fingerprint density at radius 1 is 0.444 bits per heavy atom. The van der Waals surface area contributed by atoms with Gasteiger partial charge in [0, 0.05) is 11.8 Å². The van der Waals surface area contributed by atoms with E-state index in [4.69, 9.17) is 9.47 Å². The lowest BCUT2D eigenvalue weighted by Gasteiger charge is -2.48. The third-order valence-electron chi connectivity index (χ3n) is 13.9. The minimum atomic E-state index is -0.618. The van der Waals surface area contributed by atoms with E-state index in [-0.39, 0.29) is 24.0 Å². The zero-order valence-electron chi connectivity index (χ0n) is 29.3. The molecule has 2 heteroatoms. The Hall–Kier alpha value is -6.06. The molecule has 0 N–H and O–H groups in total. The maximum absolute atomic E-state index is 7.67. The van der Waals surface area contributed by atoms with Gasteiger partial charge in [-0.05, 0) is 117 Å². The van der Waals surface area contributed by atoms with Crippen molar-refractivity contribution in [3.8, 4) is 22.3 Å². The highest BCUT2D eigenvalue weighted by Crippen LogP contribution is 2.77. The van der Waals surface area contributed by atoms with Gasteiger partial charge >= 0.3 is 0 Å². The normalized spacial score (nSPS) is 26.4. The Morgan fingerprint density at radius 2 is 1.02 bits per heavy atom. The van der Waals surface area contributed by atoms with E-state index in [1.54, 1.807) is 0 Å². The van der Waals surface area contributed by atoms with E-state index < -0.39 is 11.2 Å². The maximum atomic E-state index is 7.67. The summed E-state index contributed by atoms with van der Waals surface area (Å²) in [7, 11) is 0. The fraction of sp³-hybridized carbons (Fsp3) is 0.115. The molecule has 14 rings (SSSR count). The fourth-order valence-corrected chi connectivity index (χ4v) is 12.2. The topological polar surface area (TPSA) is 18.5 Å². The lowest BCUT2D eigenvalue weighted by atomic mass is 9.54. The standard InChI is InChI=1S/C52H32O2/c1-3-13-29(14-4-1)43-36-27-38-41(52-40-24-12-18-31-17-11-23-39(45(31)40)51-26-25-42(53-51)48(50(51)52)49(38)54-52)28-37(36)44(30-15-5-2-6-16-30)47-35-22-10-8-20-33(35)32-19-7-9-21-34(32)46(43)47/h1-28,42,48-50H/t42-,48+,49+,50-,51-,52-/m0/s1. The van der Waals surface area contributed by atoms with E-state index in [1.807, 2.05) is 0 Å². The van der Waals surface area contributed by atoms with Crippen molar-refractivity contribution in [2.45, 2.75) is 23.4 Å². The van der Waals surface area contributed by atoms with E-state index in [2.05, 4.69) is 170 Å². The molecule has 5 aliphatic rings. The van der Waals surface area contributed by atoms with Gasteiger partial charge in [-0.2, -0.15) is 0 Å². The zero-order valence-corrected chi connectivity index (χ0v) is 29.3. The van der Waals surface area contributed by atoms with Gasteiger partial charge < -0.3 is 9.47 Å². The molecule has 4 aliphatic heterocycles. The molecule has 2 spiro atoms. The Kier molecular flexibility index (Phi) is 5.02. The van der Waals surface area contributed by atoms with Gasteiger partial charge in [-0.25, -0.2) is 0 Å². The molecule has 2 saturated heterocycles. The van der Waals surface area contributed by atoms with Crippen LogP contribution >= 0.6 is 0 Å². The maximum Gasteiger partial charge on any atom is 0.127 e. The van der Waals surface area contributed by atoms with E-state index in [1.165, 1.54) is 98.4 Å². The summed E-state index contributed by atoms with van der Waals surface area (Å²) in [6, 6.07) is 58.9. The van der Waals surface area contributed by atoms with Crippen LogP contribution < -0.4 is 0 Å². The lowest BCUT2D eigenvalue weighted by Crippen LogP contribution is -2.49. The molecule has 252 valence electrons. The first-order chi connectivity index (χ1) is 26.8. The van der Waals surface area contributed by atoms with Crippen LogP contribution in [0.4, 0.5) is 0 Å². The highest BCUT2D eigenvalue weighted by Gasteiger charge is 2.77. The summed E-state index contributed by atoms with van der Waals surface area (Å²) in [5, 5.41) is 12.8. The number of ether oxygens (including phenoxy) is 2. The molecule has 4 bridgehead atoms. The largest absolute Gasteiger partial charge is 0.358 e. The summed E-state index contributed by atoms with van der Waals surface area (Å²) in [4.78, 5) is 0. The highest BCUT2D eigenvalue weighted by atomic mass is 16.6. The average molecular weight is 689 g/mol. The van der Waals surface area contributed by atoms with Crippen LogP contribution in [-0.4, -0.2) is 6.10 Å². The first-order valence-electron chi connectivity index (χ1n) is 19.3.